The Kier molecular flexibility index (Phi) is 5.55. The molecule has 7 heteroatoms. The van der Waals surface area contributed by atoms with E-state index in [1.807, 2.05) is 25.1 Å². The quantitative estimate of drug-likeness (QED) is 0.712. The standard InChI is InChI=1S/C17H23N5O2/c1-12-3-2-5-18-15(12)10-20-16-9-14(13-4-8-24-11-13)21-17(22-16)19-6-7-23/h2-3,5,9,13,23H,4,6-8,10-11H2,1H3,(H2,19,20,21,22)/t13-/m1/s1. The van der Waals surface area contributed by atoms with Crippen LogP contribution in [0.5, 0.6) is 0 Å². The van der Waals surface area contributed by atoms with Crippen LogP contribution in [0.25, 0.3) is 0 Å². The number of aliphatic hydroxyl groups is 1. The van der Waals surface area contributed by atoms with Crippen LogP contribution < -0.4 is 10.6 Å². The molecule has 0 radical (unpaired) electrons. The highest BCUT2D eigenvalue weighted by Crippen LogP contribution is 2.26. The highest BCUT2D eigenvalue weighted by molar-refractivity contribution is 5.44. The monoisotopic (exact) mass is 329 g/mol. The maximum absolute atomic E-state index is 9.00. The van der Waals surface area contributed by atoms with E-state index < -0.39 is 0 Å². The van der Waals surface area contributed by atoms with Gasteiger partial charge in [-0.25, -0.2) is 4.98 Å². The molecule has 0 spiro atoms. The maximum Gasteiger partial charge on any atom is 0.224 e. The number of pyridine rings is 1. The normalized spacial score (nSPS) is 17.0. The van der Waals surface area contributed by atoms with E-state index in [1.54, 1.807) is 6.20 Å². The Morgan fingerprint density at radius 1 is 1.33 bits per heavy atom. The first-order valence-electron chi connectivity index (χ1n) is 8.22. The molecule has 0 unspecified atom stereocenters. The van der Waals surface area contributed by atoms with E-state index in [9.17, 15) is 0 Å². The van der Waals surface area contributed by atoms with Gasteiger partial charge in [-0.3, -0.25) is 4.98 Å². The lowest BCUT2D eigenvalue weighted by Crippen LogP contribution is -2.13. The van der Waals surface area contributed by atoms with E-state index in [1.165, 1.54) is 0 Å². The van der Waals surface area contributed by atoms with Crippen LogP contribution in [-0.2, 0) is 11.3 Å². The molecule has 1 aliphatic heterocycles. The Morgan fingerprint density at radius 3 is 3.00 bits per heavy atom. The average molecular weight is 329 g/mol. The van der Waals surface area contributed by atoms with Crippen LogP contribution in [0.2, 0.25) is 0 Å². The number of hydrogen-bond acceptors (Lipinski definition) is 7. The van der Waals surface area contributed by atoms with Gasteiger partial charge in [0.15, 0.2) is 0 Å². The van der Waals surface area contributed by atoms with Gasteiger partial charge in [-0.2, -0.15) is 4.98 Å². The summed E-state index contributed by atoms with van der Waals surface area (Å²) in [5.74, 6) is 1.56. The van der Waals surface area contributed by atoms with E-state index >= 15 is 0 Å². The Bertz CT molecular complexity index is 674. The van der Waals surface area contributed by atoms with Crippen molar-refractivity contribution in [2.75, 3.05) is 37.0 Å². The van der Waals surface area contributed by atoms with Gasteiger partial charge >= 0.3 is 0 Å². The number of nitrogens with one attached hydrogen (secondary N) is 2. The van der Waals surface area contributed by atoms with Gasteiger partial charge < -0.3 is 20.5 Å². The number of aryl methyl sites for hydroxylation is 1. The number of hydrogen-bond donors (Lipinski definition) is 3. The predicted octanol–water partition coefficient (Wildman–Crippen LogP) is 1.70. The van der Waals surface area contributed by atoms with Crippen molar-refractivity contribution in [2.45, 2.75) is 25.8 Å². The van der Waals surface area contributed by atoms with Crippen LogP contribution in [0.1, 0.15) is 29.3 Å². The lowest BCUT2D eigenvalue weighted by molar-refractivity contribution is 0.193. The molecule has 0 amide bonds. The summed E-state index contributed by atoms with van der Waals surface area (Å²) in [6.45, 7) is 4.56. The lowest BCUT2D eigenvalue weighted by Gasteiger charge is -2.14. The first kappa shape index (κ1) is 16.6. The minimum absolute atomic E-state index is 0.0377. The molecule has 0 saturated carbocycles. The fraction of sp³-hybridized carbons (Fsp3) is 0.471. The fourth-order valence-electron chi connectivity index (χ4n) is 2.66. The molecule has 3 heterocycles. The summed E-state index contributed by atoms with van der Waals surface area (Å²) in [6.07, 6.45) is 2.76. The van der Waals surface area contributed by atoms with Gasteiger partial charge in [0.05, 0.1) is 31.1 Å². The number of nitrogens with zero attached hydrogens (tertiary/aromatic N) is 3. The van der Waals surface area contributed by atoms with Gasteiger partial charge in [0, 0.05) is 31.3 Å². The largest absolute Gasteiger partial charge is 0.395 e. The SMILES string of the molecule is Cc1cccnc1CNc1cc([C@@H]2CCOC2)nc(NCCO)n1. The molecule has 2 aromatic rings. The van der Waals surface area contributed by atoms with E-state index in [2.05, 4.69) is 25.6 Å². The Morgan fingerprint density at radius 2 is 2.25 bits per heavy atom. The highest BCUT2D eigenvalue weighted by Gasteiger charge is 2.20. The lowest BCUT2D eigenvalue weighted by atomic mass is 10.0. The summed E-state index contributed by atoms with van der Waals surface area (Å²) in [5.41, 5.74) is 3.09. The van der Waals surface area contributed by atoms with Crippen LogP contribution in [0.3, 0.4) is 0 Å². The van der Waals surface area contributed by atoms with Crippen molar-refractivity contribution >= 4 is 11.8 Å². The summed E-state index contributed by atoms with van der Waals surface area (Å²) >= 11 is 0. The van der Waals surface area contributed by atoms with E-state index in [-0.39, 0.29) is 6.61 Å². The summed E-state index contributed by atoms with van der Waals surface area (Å²) in [7, 11) is 0. The van der Waals surface area contributed by atoms with Gasteiger partial charge in [0.2, 0.25) is 5.95 Å². The summed E-state index contributed by atoms with van der Waals surface area (Å²) < 4.78 is 5.47. The summed E-state index contributed by atoms with van der Waals surface area (Å²) in [6, 6.07) is 5.94. The zero-order valence-corrected chi connectivity index (χ0v) is 13.8. The molecule has 0 aliphatic carbocycles. The minimum atomic E-state index is 0.0377. The molecule has 0 aromatic carbocycles. The summed E-state index contributed by atoms with van der Waals surface area (Å²) in [5, 5.41) is 15.4. The van der Waals surface area contributed by atoms with Gasteiger partial charge in [-0.1, -0.05) is 6.07 Å². The van der Waals surface area contributed by atoms with Crippen molar-refractivity contribution in [3.05, 3.63) is 41.3 Å². The third-order valence-electron chi connectivity index (χ3n) is 4.04. The molecule has 7 nitrogen and oxygen atoms in total. The number of rotatable bonds is 7. The van der Waals surface area contributed by atoms with E-state index in [0.29, 0.717) is 31.6 Å². The number of ether oxygens (including phenoxy) is 1. The molecule has 3 rings (SSSR count). The van der Waals surface area contributed by atoms with Crippen LogP contribution >= 0.6 is 0 Å². The second-order valence-electron chi connectivity index (χ2n) is 5.83. The van der Waals surface area contributed by atoms with Gasteiger partial charge in [-0.15, -0.1) is 0 Å². The van der Waals surface area contributed by atoms with Gasteiger partial charge in [0.25, 0.3) is 0 Å². The highest BCUT2D eigenvalue weighted by atomic mass is 16.5. The zero-order chi connectivity index (χ0) is 16.8. The third-order valence-corrected chi connectivity index (χ3v) is 4.04. The van der Waals surface area contributed by atoms with E-state index in [4.69, 9.17) is 9.84 Å². The number of aromatic nitrogens is 3. The van der Waals surface area contributed by atoms with Crippen molar-refractivity contribution < 1.29 is 9.84 Å². The molecule has 24 heavy (non-hydrogen) atoms. The number of anilines is 2. The zero-order valence-electron chi connectivity index (χ0n) is 13.8. The van der Waals surface area contributed by atoms with Crippen LogP contribution in [0.4, 0.5) is 11.8 Å². The molecule has 1 saturated heterocycles. The molecule has 3 N–H and O–H groups in total. The molecule has 2 aromatic heterocycles. The topological polar surface area (TPSA) is 92.2 Å². The van der Waals surface area contributed by atoms with Crippen molar-refractivity contribution in [3.8, 4) is 0 Å². The van der Waals surface area contributed by atoms with Crippen molar-refractivity contribution in [3.63, 3.8) is 0 Å². The first-order chi connectivity index (χ1) is 11.8. The molecular formula is C17H23N5O2. The van der Waals surface area contributed by atoms with Gasteiger partial charge in [-0.05, 0) is 25.0 Å². The predicted molar refractivity (Wildman–Crippen MR) is 92.1 cm³/mol. The molecule has 128 valence electrons. The molecule has 0 bridgehead atoms. The van der Waals surface area contributed by atoms with E-state index in [0.717, 1.165) is 35.8 Å². The first-order valence-corrected chi connectivity index (χ1v) is 8.22. The second-order valence-corrected chi connectivity index (χ2v) is 5.83. The molecular weight excluding hydrogens is 306 g/mol. The summed E-state index contributed by atoms with van der Waals surface area (Å²) in [4.78, 5) is 13.4. The molecule has 1 fully saturated rings. The minimum Gasteiger partial charge on any atom is -0.395 e. The third kappa shape index (κ3) is 4.18. The second kappa shape index (κ2) is 8.03. The fourth-order valence-corrected chi connectivity index (χ4v) is 2.66. The smallest absolute Gasteiger partial charge is 0.224 e. The Labute approximate surface area is 141 Å². The van der Waals surface area contributed by atoms with Gasteiger partial charge in [0.1, 0.15) is 5.82 Å². The Balaban J connectivity index is 1.77. The van der Waals surface area contributed by atoms with Crippen molar-refractivity contribution in [1.29, 1.82) is 0 Å². The average Bonchev–Trinajstić information content (AvgIpc) is 3.14. The molecule has 1 atom stereocenters. The number of aliphatic hydroxyl groups excluding tert-OH is 1. The van der Waals surface area contributed by atoms with Crippen LogP contribution in [0, 0.1) is 6.92 Å². The van der Waals surface area contributed by atoms with Crippen LogP contribution in [-0.4, -0.2) is 46.4 Å². The Hall–Kier alpha value is -2.25. The van der Waals surface area contributed by atoms with Crippen molar-refractivity contribution in [1.82, 2.24) is 15.0 Å². The van der Waals surface area contributed by atoms with Crippen LogP contribution in [0.15, 0.2) is 24.4 Å². The maximum atomic E-state index is 9.00. The van der Waals surface area contributed by atoms with Crippen molar-refractivity contribution in [2.24, 2.45) is 0 Å². The molecule has 1 aliphatic rings.